The Bertz CT molecular complexity index is 346. The predicted molar refractivity (Wildman–Crippen MR) is 87.3 cm³/mol. The van der Waals surface area contributed by atoms with Crippen LogP contribution in [0.4, 0.5) is 0 Å². The van der Waals surface area contributed by atoms with Gasteiger partial charge >= 0.3 is 0 Å². The van der Waals surface area contributed by atoms with Gasteiger partial charge in [-0.05, 0) is 31.4 Å². The lowest BCUT2D eigenvalue weighted by Crippen LogP contribution is -2.43. The third kappa shape index (κ3) is 8.83. The van der Waals surface area contributed by atoms with E-state index in [1.54, 1.807) is 0 Å². The van der Waals surface area contributed by atoms with Crippen LogP contribution in [0.2, 0.25) is 0 Å². The first-order chi connectivity index (χ1) is 10.2. The van der Waals surface area contributed by atoms with Crippen molar-refractivity contribution >= 4 is 0 Å². The van der Waals surface area contributed by atoms with Gasteiger partial charge in [-0.3, -0.25) is 0 Å². The molecule has 4 N–H and O–H groups in total. The molecule has 0 bridgehead atoms. The van der Waals surface area contributed by atoms with E-state index in [2.05, 4.69) is 12.2 Å². The van der Waals surface area contributed by atoms with Crippen molar-refractivity contribution in [2.24, 2.45) is 5.73 Å². The normalized spacial score (nSPS) is 14.0. The van der Waals surface area contributed by atoms with Crippen molar-refractivity contribution in [1.29, 1.82) is 0 Å². The van der Waals surface area contributed by atoms with Gasteiger partial charge in [0.25, 0.3) is 0 Å². The van der Waals surface area contributed by atoms with E-state index in [0.29, 0.717) is 13.0 Å². The Labute approximate surface area is 128 Å². The molecule has 0 aliphatic heterocycles. The van der Waals surface area contributed by atoms with Crippen LogP contribution in [0.3, 0.4) is 0 Å². The van der Waals surface area contributed by atoms with Gasteiger partial charge in [-0.25, -0.2) is 0 Å². The summed E-state index contributed by atoms with van der Waals surface area (Å²) in [6.07, 6.45) is 3.43. The van der Waals surface area contributed by atoms with Crippen LogP contribution in [0.5, 0.6) is 0 Å². The molecule has 120 valence electrons. The first-order valence-corrected chi connectivity index (χ1v) is 8.00. The first-order valence-electron chi connectivity index (χ1n) is 8.00. The van der Waals surface area contributed by atoms with Gasteiger partial charge in [-0.15, -0.1) is 0 Å². The van der Waals surface area contributed by atoms with Gasteiger partial charge in [0.05, 0.1) is 6.10 Å². The van der Waals surface area contributed by atoms with Crippen molar-refractivity contribution < 1.29 is 9.84 Å². The van der Waals surface area contributed by atoms with E-state index in [9.17, 15) is 5.11 Å². The second kappa shape index (κ2) is 11.7. The van der Waals surface area contributed by atoms with Gasteiger partial charge in [0.15, 0.2) is 0 Å². The number of rotatable bonds is 12. The van der Waals surface area contributed by atoms with E-state index >= 15 is 0 Å². The van der Waals surface area contributed by atoms with Crippen LogP contribution in [-0.2, 0) is 11.2 Å². The quantitative estimate of drug-likeness (QED) is 0.513. The summed E-state index contributed by atoms with van der Waals surface area (Å²) in [6.45, 7) is 5.16. The molecule has 1 aromatic carbocycles. The molecule has 4 nitrogen and oxygen atoms in total. The Kier molecular flexibility index (Phi) is 10.1. The average Bonchev–Trinajstić information content (AvgIpc) is 2.50. The third-order valence-corrected chi connectivity index (χ3v) is 3.45. The largest absolute Gasteiger partial charge is 0.390 e. The van der Waals surface area contributed by atoms with Crippen molar-refractivity contribution in [2.45, 2.75) is 44.8 Å². The van der Waals surface area contributed by atoms with Gasteiger partial charge in [0.2, 0.25) is 0 Å². The molecule has 1 unspecified atom stereocenters. The number of aliphatic hydroxyl groups excluding tert-OH is 1. The molecule has 0 aromatic heterocycles. The maximum absolute atomic E-state index is 10.0. The highest BCUT2D eigenvalue weighted by molar-refractivity contribution is 5.16. The Morgan fingerprint density at radius 2 is 1.90 bits per heavy atom. The number of hydrogen-bond acceptors (Lipinski definition) is 4. The molecular formula is C17H30N2O2. The molecule has 0 fully saturated rings. The van der Waals surface area contributed by atoms with Gasteiger partial charge in [0.1, 0.15) is 0 Å². The Morgan fingerprint density at radius 1 is 1.19 bits per heavy atom. The fourth-order valence-electron chi connectivity index (χ4n) is 2.07. The van der Waals surface area contributed by atoms with Crippen LogP contribution in [0, 0.1) is 0 Å². The standard InChI is InChI=1S/C17H30N2O2/c1-2-3-11-21-12-7-10-19-14-17(20)16(18)13-15-8-5-4-6-9-15/h4-6,8-9,16-17,19-20H,2-3,7,10-14,18H2,1H3/t16?,17-/m0/s1. The molecule has 0 heterocycles. The minimum atomic E-state index is -0.522. The fourth-order valence-corrected chi connectivity index (χ4v) is 2.07. The monoisotopic (exact) mass is 294 g/mol. The summed E-state index contributed by atoms with van der Waals surface area (Å²) in [4.78, 5) is 0. The molecule has 0 saturated heterocycles. The maximum Gasteiger partial charge on any atom is 0.0818 e. The van der Waals surface area contributed by atoms with E-state index in [1.807, 2.05) is 30.3 Å². The zero-order chi connectivity index (χ0) is 15.3. The van der Waals surface area contributed by atoms with Crippen molar-refractivity contribution in [3.05, 3.63) is 35.9 Å². The smallest absolute Gasteiger partial charge is 0.0818 e. The predicted octanol–water partition coefficient (Wildman–Crippen LogP) is 1.71. The van der Waals surface area contributed by atoms with Gasteiger partial charge in [-0.2, -0.15) is 0 Å². The number of benzene rings is 1. The number of nitrogens with two attached hydrogens (primary N) is 1. The van der Waals surface area contributed by atoms with Crippen LogP contribution in [0.1, 0.15) is 31.7 Å². The summed E-state index contributed by atoms with van der Waals surface area (Å²) in [5, 5.41) is 13.3. The molecule has 0 spiro atoms. The molecule has 2 atom stereocenters. The Balaban J connectivity index is 2.03. The van der Waals surface area contributed by atoms with Gasteiger partial charge < -0.3 is 20.9 Å². The molecule has 4 heteroatoms. The molecule has 21 heavy (non-hydrogen) atoms. The summed E-state index contributed by atoms with van der Waals surface area (Å²) in [5.41, 5.74) is 7.19. The minimum absolute atomic E-state index is 0.235. The topological polar surface area (TPSA) is 67.5 Å². The van der Waals surface area contributed by atoms with E-state index in [0.717, 1.165) is 38.2 Å². The van der Waals surface area contributed by atoms with Crippen LogP contribution >= 0.6 is 0 Å². The summed E-state index contributed by atoms with van der Waals surface area (Å²) in [5.74, 6) is 0. The lowest BCUT2D eigenvalue weighted by molar-refractivity contribution is 0.123. The van der Waals surface area contributed by atoms with Crippen molar-refractivity contribution in [1.82, 2.24) is 5.32 Å². The lowest BCUT2D eigenvalue weighted by atomic mass is 10.0. The summed E-state index contributed by atoms with van der Waals surface area (Å²) >= 11 is 0. The number of unbranched alkanes of at least 4 members (excludes halogenated alkanes) is 1. The van der Waals surface area contributed by atoms with Gasteiger partial charge in [0, 0.05) is 25.8 Å². The molecule has 0 aliphatic carbocycles. The summed E-state index contributed by atoms with van der Waals surface area (Å²) in [7, 11) is 0. The molecule has 1 aromatic rings. The average molecular weight is 294 g/mol. The molecule has 0 aliphatic rings. The molecule has 1 rings (SSSR count). The van der Waals surface area contributed by atoms with Crippen molar-refractivity contribution in [3.8, 4) is 0 Å². The molecular weight excluding hydrogens is 264 g/mol. The van der Waals surface area contributed by atoms with Crippen LogP contribution in [-0.4, -0.2) is 43.6 Å². The van der Waals surface area contributed by atoms with E-state index in [1.165, 1.54) is 6.42 Å². The van der Waals surface area contributed by atoms with E-state index in [4.69, 9.17) is 10.5 Å². The maximum atomic E-state index is 10.0. The summed E-state index contributed by atoms with van der Waals surface area (Å²) < 4.78 is 5.48. The first kappa shape index (κ1) is 18.1. The second-order valence-electron chi connectivity index (χ2n) is 5.44. The highest BCUT2D eigenvalue weighted by atomic mass is 16.5. The lowest BCUT2D eigenvalue weighted by Gasteiger charge is -2.19. The van der Waals surface area contributed by atoms with Crippen LogP contribution in [0.25, 0.3) is 0 Å². The SMILES string of the molecule is CCCCOCCCNC[C@H](O)C(N)Cc1ccccc1. The van der Waals surface area contributed by atoms with Crippen LogP contribution in [0.15, 0.2) is 30.3 Å². The molecule has 0 amide bonds. The highest BCUT2D eigenvalue weighted by Gasteiger charge is 2.14. The van der Waals surface area contributed by atoms with Crippen LogP contribution < -0.4 is 11.1 Å². The fraction of sp³-hybridized carbons (Fsp3) is 0.647. The molecule has 0 radical (unpaired) electrons. The zero-order valence-corrected chi connectivity index (χ0v) is 13.1. The van der Waals surface area contributed by atoms with Crippen molar-refractivity contribution in [2.75, 3.05) is 26.3 Å². The highest BCUT2D eigenvalue weighted by Crippen LogP contribution is 2.04. The second-order valence-corrected chi connectivity index (χ2v) is 5.44. The Hall–Kier alpha value is -0.940. The third-order valence-electron chi connectivity index (χ3n) is 3.45. The summed E-state index contributed by atoms with van der Waals surface area (Å²) in [6, 6.07) is 9.80. The number of aliphatic hydroxyl groups is 1. The van der Waals surface area contributed by atoms with Gasteiger partial charge in [-0.1, -0.05) is 43.7 Å². The zero-order valence-electron chi connectivity index (χ0n) is 13.1. The number of ether oxygens (including phenoxy) is 1. The van der Waals surface area contributed by atoms with E-state index < -0.39 is 6.10 Å². The minimum Gasteiger partial charge on any atom is -0.390 e. The van der Waals surface area contributed by atoms with E-state index in [-0.39, 0.29) is 6.04 Å². The Morgan fingerprint density at radius 3 is 2.62 bits per heavy atom. The number of nitrogens with one attached hydrogen (secondary N) is 1. The van der Waals surface area contributed by atoms with Crippen molar-refractivity contribution in [3.63, 3.8) is 0 Å². The number of hydrogen-bond donors (Lipinski definition) is 3. The molecule has 0 saturated carbocycles.